The van der Waals surface area contributed by atoms with E-state index in [1.807, 2.05) is 0 Å². The minimum Gasteiger partial charge on any atom is -0.309 e. The molecular formula is C75H49N. The number of hydrogen-bond acceptors (Lipinski definition) is 0. The molecule has 0 aliphatic carbocycles. The van der Waals surface area contributed by atoms with E-state index < -0.39 is 0 Å². The summed E-state index contributed by atoms with van der Waals surface area (Å²) in [4.78, 5) is 0. The number of fused-ring (bicyclic) bond motifs is 5. The van der Waals surface area contributed by atoms with Crippen LogP contribution >= 0.6 is 0 Å². The van der Waals surface area contributed by atoms with Crippen molar-refractivity contribution in [1.82, 2.24) is 4.57 Å². The Kier molecular flexibility index (Phi) is 10.0. The topological polar surface area (TPSA) is 4.93 Å². The van der Waals surface area contributed by atoms with Gasteiger partial charge in [-0.2, -0.15) is 0 Å². The average molecular weight is 964 g/mol. The Balaban J connectivity index is 0.958. The number of aromatic nitrogens is 1. The van der Waals surface area contributed by atoms with Crippen molar-refractivity contribution in [1.29, 1.82) is 0 Å². The molecule has 1 heterocycles. The third-order valence-corrected chi connectivity index (χ3v) is 16.1. The molecule has 14 aromatic carbocycles. The maximum Gasteiger partial charge on any atom is 0.0626 e. The van der Waals surface area contributed by atoms with Crippen molar-refractivity contribution >= 4 is 103 Å². The molecule has 0 fully saturated rings. The predicted molar refractivity (Wildman–Crippen MR) is 328 cm³/mol. The maximum atomic E-state index is 4.51. The molecular weight excluding hydrogens is 915 g/mol. The largest absolute Gasteiger partial charge is 0.309 e. The molecule has 0 amide bonds. The van der Waals surface area contributed by atoms with E-state index in [-0.39, 0.29) is 0 Å². The summed E-state index contributed by atoms with van der Waals surface area (Å²) in [5, 5.41) is 17.8. The lowest BCUT2D eigenvalue weighted by atomic mass is 9.84. The number of rotatable bonds is 9. The molecule has 0 N–H and O–H groups in total. The summed E-state index contributed by atoms with van der Waals surface area (Å²) in [5.74, 6) is 0. The molecule has 0 aliphatic rings. The molecule has 1 nitrogen and oxygen atoms in total. The van der Waals surface area contributed by atoms with Crippen LogP contribution in [0, 0.1) is 0 Å². The van der Waals surface area contributed by atoms with Crippen molar-refractivity contribution in [3.8, 4) is 39.1 Å². The fraction of sp³-hybridized carbons (Fsp3) is 0.0133. The number of para-hydroxylation sites is 1. The van der Waals surface area contributed by atoms with Gasteiger partial charge in [0.25, 0.3) is 0 Å². The predicted octanol–water partition coefficient (Wildman–Crippen LogP) is 20.8. The molecule has 0 saturated carbocycles. The Bertz CT molecular complexity index is 4790. The lowest BCUT2D eigenvalue weighted by Gasteiger charge is -2.20. The van der Waals surface area contributed by atoms with Crippen molar-refractivity contribution in [2.24, 2.45) is 0 Å². The molecule has 0 spiro atoms. The molecule has 0 bridgehead atoms. The van der Waals surface area contributed by atoms with Gasteiger partial charge in [0.05, 0.1) is 11.0 Å². The molecule has 354 valence electrons. The van der Waals surface area contributed by atoms with Gasteiger partial charge in [0.1, 0.15) is 0 Å². The van der Waals surface area contributed by atoms with Crippen LogP contribution in [0.2, 0.25) is 0 Å². The average Bonchev–Trinajstić information content (AvgIpc) is 4.06. The quantitative estimate of drug-likeness (QED) is 0.100. The number of allylic oxidation sites excluding steroid dienone is 5. The summed E-state index contributed by atoms with van der Waals surface area (Å²) in [5.41, 5.74) is 17.6. The van der Waals surface area contributed by atoms with E-state index in [9.17, 15) is 0 Å². The van der Waals surface area contributed by atoms with E-state index in [0.717, 1.165) is 28.0 Å². The van der Waals surface area contributed by atoms with Crippen LogP contribution in [-0.4, -0.2) is 4.57 Å². The third kappa shape index (κ3) is 6.86. The Morgan fingerprint density at radius 3 is 1.62 bits per heavy atom. The fourth-order valence-electron chi connectivity index (χ4n) is 12.7. The Morgan fingerprint density at radius 2 is 0.895 bits per heavy atom. The van der Waals surface area contributed by atoms with Gasteiger partial charge in [-0.3, -0.25) is 0 Å². The van der Waals surface area contributed by atoms with Crippen molar-refractivity contribution in [2.45, 2.75) is 6.92 Å². The Labute approximate surface area is 441 Å². The molecule has 15 aromatic rings. The number of benzene rings is 14. The lowest BCUT2D eigenvalue weighted by molar-refractivity contribution is 1.19. The second-order valence-corrected chi connectivity index (χ2v) is 20.5. The van der Waals surface area contributed by atoms with Crippen LogP contribution in [0.1, 0.15) is 23.6 Å². The van der Waals surface area contributed by atoms with Crippen LogP contribution in [-0.2, 0) is 0 Å². The second kappa shape index (κ2) is 17.4. The van der Waals surface area contributed by atoms with E-state index in [0.29, 0.717) is 0 Å². The molecule has 1 heteroatoms. The summed E-state index contributed by atoms with van der Waals surface area (Å²) in [7, 11) is 0. The van der Waals surface area contributed by atoms with Crippen molar-refractivity contribution in [3.63, 3.8) is 0 Å². The SMILES string of the molecule is C=C(/C=C(\C=C(/C)c1ccc2ccc3c(-c4cc5cccc6c5c5c4cccc5c4c6c5ccccc5n4-c4cc(-c5ccccc5)cc(-c5ccccc5)c4)ccc4ccc1c2c43)c1ccccc1)c1ccccc1. The molecule has 0 aliphatic heterocycles. The maximum absolute atomic E-state index is 4.51. The molecule has 15 rings (SSSR count). The van der Waals surface area contributed by atoms with Crippen molar-refractivity contribution < 1.29 is 0 Å². The Morgan fingerprint density at radius 1 is 0.355 bits per heavy atom. The summed E-state index contributed by atoms with van der Waals surface area (Å²) in [6.45, 7) is 6.76. The van der Waals surface area contributed by atoms with Gasteiger partial charge in [0, 0.05) is 27.2 Å². The van der Waals surface area contributed by atoms with Gasteiger partial charge in [-0.25, -0.2) is 0 Å². The first-order valence-electron chi connectivity index (χ1n) is 26.3. The standard InChI is InChI=1S/C75H49N/c1-47(49-19-7-3-8-20-49)41-56(50-21-9-4-10-22-50)42-48(2)60-37-33-53-36-40-64-61(38-34-54-35-39-63(60)70(53)71(54)64)68-46-55-27-17-30-66-72(55)73-62(68)29-18-31-67(73)75-74(66)65-28-15-16-32-69(65)76(75)59-44-57(51-23-11-5-12-24-51)43-58(45-59)52-25-13-6-14-26-52/h3-46H,1H2,2H3/b48-42+,56-41+. The van der Waals surface area contributed by atoms with Gasteiger partial charge in [0.2, 0.25) is 0 Å². The van der Waals surface area contributed by atoms with Crippen LogP contribution in [0.25, 0.3) is 142 Å². The molecule has 76 heavy (non-hydrogen) atoms. The van der Waals surface area contributed by atoms with Gasteiger partial charge in [-0.15, -0.1) is 0 Å². The highest BCUT2D eigenvalue weighted by atomic mass is 15.0. The molecule has 0 unspecified atom stereocenters. The fourth-order valence-corrected chi connectivity index (χ4v) is 12.7. The summed E-state index contributed by atoms with van der Waals surface area (Å²) < 4.78 is 2.55. The minimum absolute atomic E-state index is 0.982. The normalized spacial score (nSPS) is 12.5. The highest BCUT2D eigenvalue weighted by molar-refractivity contribution is 6.40. The lowest BCUT2D eigenvalue weighted by Crippen LogP contribution is -1.98. The van der Waals surface area contributed by atoms with E-state index in [1.165, 1.54) is 131 Å². The van der Waals surface area contributed by atoms with Crippen molar-refractivity contribution in [3.05, 3.63) is 290 Å². The summed E-state index contributed by atoms with van der Waals surface area (Å²) in [6.07, 6.45) is 4.56. The van der Waals surface area contributed by atoms with E-state index >= 15 is 0 Å². The van der Waals surface area contributed by atoms with Crippen LogP contribution < -0.4 is 0 Å². The highest BCUT2D eigenvalue weighted by Gasteiger charge is 2.24. The second-order valence-electron chi connectivity index (χ2n) is 20.5. The monoisotopic (exact) mass is 963 g/mol. The third-order valence-electron chi connectivity index (χ3n) is 16.1. The first-order chi connectivity index (χ1) is 37.5. The molecule has 0 atom stereocenters. The van der Waals surface area contributed by atoms with Crippen molar-refractivity contribution in [2.75, 3.05) is 0 Å². The Hall–Kier alpha value is -9.82. The van der Waals surface area contributed by atoms with Gasteiger partial charge < -0.3 is 4.57 Å². The van der Waals surface area contributed by atoms with Gasteiger partial charge >= 0.3 is 0 Å². The van der Waals surface area contributed by atoms with Gasteiger partial charge in [0.15, 0.2) is 0 Å². The molecule has 0 radical (unpaired) electrons. The van der Waals surface area contributed by atoms with Crippen LogP contribution in [0.3, 0.4) is 0 Å². The summed E-state index contributed by atoms with van der Waals surface area (Å²) in [6, 6.07) is 94.0. The molecule has 1 aromatic heterocycles. The van der Waals surface area contributed by atoms with Gasteiger partial charge in [-0.1, -0.05) is 237 Å². The zero-order valence-electron chi connectivity index (χ0n) is 42.1. The molecule has 0 saturated heterocycles. The van der Waals surface area contributed by atoms with E-state index in [4.69, 9.17) is 0 Å². The minimum atomic E-state index is 0.982. The van der Waals surface area contributed by atoms with E-state index in [2.05, 4.69) is 285 Å². The zero-order chi connectivity index (χ0) is 50.4. The van der Waals surface area contributed by atoms with Crippen LogP contribution in [0.4, 0.5) is 0 Å². The zero-order valence-corrected chi connectivity index (χ0v) is 42.1. The first kappa shape index (κ1) is 43.7. The highest BCUT2D eigenvalue weighted by Crippen LogP contribution is 2.50. The first-order valence-corrected chi connectivity index (χ1v) is 26.3. The summed E-state index contributed by atoms with van der Waals surface area (Å²) >= 11 is 0. The van der Waals surface area contributed by atoms with E-state index in [1.54, 1.807) is 0 Å². The van der Waals surface area contributed by atoms with Crippen LogP contribution in [0.15, 0.2) is 274 Å². The smallest absolute Gasteiger partial charge is 0.0626 e. The number of nitrogens with zero attached hydrogens (tertiary/aromatic N) is 1. The van der Waals surface area contributed by atoms with Gasteiger partial charge in [-0.05, 0) is 164 Å². The number of hydrogen-bond donors (Lipinski definition) is 0. The van der Waals surface area contributed by atoms with Crippen LogP contribution in [0.5, 0.6) is 0 Å².